The van der Waals surface area contributed by atoms with Crippen LogP contribution in [0.15, 0.2) is 23.2 Å². The highest BCUT2D eigenvalue weighted by atomic mass is 19.3. The Kier molecular flexibility index (Phi) is 10.6. The maximum atomic E-state index is 12.8. The van der Waals surface area contributed by atoms with Gasteiger partial charge in [0.25, 0.3) is 0 Å². The van der Waals surface area contributed by atoms with Crippen LogP contribution in [0.25, 0.3) is 0 Å². The number of halogens is 2. The molecule has 1 aromatic rings. The molecule has 1 fully saturated rings. The van der Waals surface area contributed by atoms with Gasteiger partial charge < -0.3 is 24.8 Å². The third-order valence-corrected chi connectivity index (χ3v) is 4.69. The second-order valence-corrected chi connectivity index (χ2v) is 7.32. The average Bonchev–Trinajstić information content (AvgIpc) is 2.73. The maximum Gasteiger partial charge on any atom is 0.387 e. The largest absolute Gasteiger partial charge is 0.493 e. The zero-order valence-corrected chi connectivity index (χ0v) is 18.1. The van der Waals surface area contributed by atoms with E-state index in [0.717, 1.165) is 45.8 Å². The third-order valence-electron chi connectivity index (χ3n) is 4.69. The summed E-state index contributed by atoms with van der Waals surface area (Å²) in [5, 5.41) is 6.46. The van der Waals surface area contributed by atoms with Gasteiger partial charge in [0, 0.05) is 51.4 Å². The van der Waals surface area contributed by atoms with Gasteiger partial charge in [-0.3, -0.25) is 9.89 Å². The minimum Gasteiger partial charge on any atom is -0.493 e. The Morgan fingerprint density at radius 2 is 2.03 bits per heavy atom. The third kappa shape index (κ3) is 8.71. The summed E-state index contributed by atoms with van der Waals surface area (Å²) in [7, 11) is 1.68. The van der Waals surface area contributed by atoms with E-state index < -0.39 is 6.61 Å². The van der Waals surface area contributed by atoms with Crippen molar-refractivity contribution < 1.29 is 23.0 Å². The molecule has 9 heteroatoms. The van der Waals surface area contributed by atoms with E-state index in [-0.39, 0.29) is 5.75 Å². The number of hydrogen-bond acceptors (Lipinski definition) is 5. The van der Waals surface area contributed by atoms with E-state index in [1.54, 1.807) is 19.2 Å². The van der Waals surface area contributed by atoms with E-state index in [1.807, 2.05) is 6.92 Å². The molecule has 7 nitrogen and oxygen atoms in total. The number of benzene rings is 1. The minimum absolute atomic E-state index is 0.0993. The van der Waals surface area contributed by atoms with Gasteiger partial charge in [0.1, 0.15) is 11.5 Å². The van der Waals surface area contributed by atoms with Gasteiger partial charge >= 0.3 is 6.61 Å². The number of nitrogens with zero attached hydrogens (tertiary/aromatic N) is 2. The van der Waals surface area contributed by atoms with E-state index in [1.165, 1.54) is 6.07 Å². The highest BCUT2D eigenvalue weighted by Crippen LogP contribution is 2.26. The Morgan fingerprint density at radius 1 is 1.27 bits per heavy atom. The van der Waals surface area contributed by atoms with E-state index in [9.17, 15) is 8.78 Å². The Hall–Kier alpha value is -2.13. The Labute approximate surface area is 177 Å². The van der Waals surface area contributed by atoms with Crippen LogP contribution in [0.2, 0.25) is 0 Å². The zero-order chi connectivity index (χ0) is 21.8. The molecule has 0 aliphatic carbocycles. The second kappa shape index (κ2) is 13.2. The fraction of sp³-hybridized carbons (Fsp3) is 0.667. The van der Waals surface area contributed by atoms with Crippen LogP contribution >= 0.6 is 0 Å². The first kappa shape index (κ1) is 24.1. The van der Waals surface area contributed by atoms with E-state index in [4.69, 9.17) is 9.47 Å². The molecular weight excluding hydrogens is 394 g/mol. The van der Waals surface area contributed by atoms with E-state index in [0.29, 0.717) is 36.3 Å². The lowest BCUT2D eigenvalue weighted by Crippen LogP contribution is -2.43. The molecule has 1 aliphatic heterocycles. The highest BCUT2D eigenvalue weighted by molar-refractivity contribution is 5.79. The van der Waals surface area contributed by atoms with Crippen molar-refractivity contribution in [1.29, 1.82) is 0 Å². The Morgan fingerprint density at radius 3 is 2.70 bits per heavy atom. The molecule has 0 bridgehead atoms. The van der Waals surface area contributed by atoms with Gasteiger partial charge in [-0.2, -0.15) is 8.78 Å². The number of ether oxygens (including phenoxy) is 3. The lowest BCUT2D eigenvalue weighted by atomic mass is 10.1. The predicted molar refractivity (Wildman–Crippen MR) is 113 cm³/mol. The first-order valence-corrected chi connectivity index (χ1v) is 10.5. The minimum atomic E-state index is -2.90. The van der Waals surface area contributed by atoms with Crippen LogP contribution in [0, 0.1) is 5.92 Å². The molecule has 0 spiro atoms. The standard InChI is InChI=1S/C21H34F2N4O3/c1-4-9-29-18-6-5-17(19(12-18)30-20(22)23)14-26-21(24-3)25-13-16(2)15-27-7-10-28-11-8-27/h5-6,12,16,20H,4,7-11,13-15H2,1-3H3,(H2,24,25,26). The fourth-order valence-electron chi connectivity index (χ4n) is 3.16. The molecule has 2 N–H and O–H groups in total. The summed E-state index contributed by atoms with van der Waals surface area (Å²) in [5.41, 5.74) is 0.600. The fourth-order valence-corrected chi connectivity index (χ4v) is 3.16. The average molecular weight is 429 g/mol. The molecule has 170 valence electrons. The summed E-state index contributed by atoms with van der Waals surface area (Å²) in [5.74, 6) is 1.64. The molecule has 1 aromatic carbocycles. The lowest BCUT2D eigenvalue weighted by molar-refractivity contribution is -0.0505. The van der Waals surface area contributed by atoms with Crippen molar-refractivity contribution >= 4 is 5.96 Å². The number of rotatable bonds is 11. The van der Waals surface area contributed by atoms with Gasteiger partial charge in [-0.15, -0.1) is 0 Å². The van der Waals surface area contributed by atoms with Crippen molar-refractivity contribution in [2.24, 2.45) is 10.9 Å². The molecule has 1 aliphatic rings. The first-order chi connectivity index (χ1) is 14.5. The summed E-state index contributed by atoms with van der Waals surface area (Å²) >= 11 is 0. The van der Waals surface area contributed by atoms with E-state index in [2.05, 4.69) is 32.2 Å². The number of hydrogen-bond donors (Lipinski definition) is 2. The topological polar surface area (TPSA) is 67.4 Å². The van der Waals surface area contributed by atoms with Gasteiger partial charge in [-0.05, 0) is 24.5 Å². The van der Waals surface area contributed by atoms with Crippen molar-refractivity contribution in [3.63, 3.8) is 0 Å². The van der Waals surface area contributed by atoms with Crippen LogP contribution in [0.5, 0.6) is 11.5 Å². The van der Waals surface area contributed by atoms with Crippen molar-refractivity contribution in [1.82, 2.24) is 15.5 Å². The van der Waals surface area contributed by atoms with Crippen molar-refractivity contribution in [2.45, 2.75) is 33.4 Å². The summed E-state index contributed by atoms with van der Waals surface area (Å²) in [6, 6.07) is 4.98. The first-order valence-electron chi connectivity index (χ1n) is 10.5. The van der Waals surface area contributed by atoms with Crippen LogP contribution in [0.1, 0.15) is 25.8 Å². The zero-order valence-electron chi connectivity index (χ0n) is 18.1. The van der Waals surface area contributed by atoms with Crippen LogP contribution in [-0.2, 0) is 11.3 Å². The molecule has 1 saturated heterocycles. The second-order valence-electron chi connectivity index (χ2n) is 7.32. The SMILES string of the molecule is CCCOc1ccc(CNC(=NC)NCC(C)CN2CCOCC2)c(OC(F)F)c1. The monoisotopic (exact) mass is 428 g/mol. The highest BCUT2D eigenvalue weighted by Gasteiger charge is 2.15. The normalized spacial score (nSPS) is 16.4. The maximum absolute atomic E-state index is 12.8. The molecule has 30 heavy (non-hydrogen) atoms. The molecule has 2 rings (SSSR count). The Balaban J connectivity index is 1.86. The molecule has 0 aromatic heterocycles. The molecule has 1 atom stereocenters. The van der Waals surface area contributed by atoms with Crippen molar-refractivity contribution in [3.8, 4) is 11.5 Å². The number of morpholine rings is 1. The summed E-state index contributed by atoms with van der Waals surface area (Å²) in [4.78, 5) is 6.61. The van der Waals surface area contributed by atoms with Gasteiger partial charge in [-0.1, -0.05) is 13.8 Å². The van der Waals surface area contributed by atoms with Gasteiger partial charge in [0.15, 0.2) is 5.96 Å². The van der Waals surface area contributed by atoms with Crippen LogP contribution in [0.4, 0.5) is 8.78 Å². The summed E-state index contributed by atoms with van der Waals surface area (Å²) in [6.45, 7) is 7.31. The van der Waals surface area contributed by atoms with Crippen LogP contribution in [-0.4, -0.2) is 70.5 Å². The smallest absolute Gasteiger partial charge is 0.387 e. The number of guanidine groups is 1. The summed E-state index contributed by atoms with van der Waals surface area (Å²) < 4.78 is 41.2. The van der Waals surface area contributed by atoms with Gasteiger partial charge in [0.05, 0.1) is 19.8 Å². The lowest BCUT2D eigenvalue weighted by Gasteiger charge is -2.29. The number of aliphatic imine (C=N–C) groups is 1. The van der Waals surface area contributed by atoms with Crippen molar-refractivity contribution in [2.75, 3.05) is 53.0 Å². The number of nitrogens with one attached hydrogen (secondary N) is 2. The quantitative estimate of drug-likeness (QED) is 0.417. The summed E-state index contributed by atoms with van der Waals surface area (Å²) in [6.07, 6.45) is 0.834. The van der Waals surface area contributed by atoms with Crippen LogP contribution in [0.3, 0.4) is 0 Å². The number of alkyl halides is 2. The molecule has 1 unspecified atom stereocenters. The van der Waals surface area contributed by atoms with Gasteiger partial charge in [0.2, 0.25) is 0 Å². The molecule has 0 amide bonds. The molecule has 1 heterocycles. The molecule has 0 radical (unpaired) electrons. The molecular formula is C21H34F2N4O3. The van der Waals surface area contributed by atoms with Crippen LogP contribution < -0.4 is 20.1 Å². The van der Waals surface area contributed by atoms with Gasteiger partial charge in [-0.25, -0.2) is 0 Å². The van der Waals surface area contributed by atoms with Crippen molar-refractivity contribution in [3.05, 3.63) is 23.8 Å². The predicted octanol–water partition coefficient (Wildman–Crippen LogP) is 2.71. The molecule has 0 saturated carbocycles. The Bertz CT molecular complexity index is 655. The van der Waals surface area contributed by atoms with E-state index >= 15 is 0 Å².